The van der Waals surface area contributed by atoms with Crippen molar-refractivity contribution in [3.63, 3.8) is 0 Å². The average molecular weight is 204 g/mol. The van der Waals surface area contributed by atoms with Crippen LogP contribution in [-0.4, -0.2) is 25.5 Å². The van der Waals surface area contributed by atoms with Crippen LogP contribution in [-0.2, 0) is 6.54 Å². The molecule has 0 amide bonds. The Morgan fingerprint density at radius 1 is 1.53 bits per heavy atom. The van der Waals surface area contributed by atoms with Gasteiger partial charge in [-0.15, -0.1) is 0 Å². The minimum Gasteiger partial charge on any atom is -0.328 e. The summed E-state index contributed by atoms with van der Waals surface area (Å²) in [5.41, 5.74) is 0.471. The summed E-state index contributed by atoms with van der Waals surface area (Å²) in [6.07, 6.45) is 5.98. The van der Waals surface area contributed by atoms with E-state index in [9.17, 15) is 4.79 Å². The Labute approximate surface area is 87.1 Å². The van der Waals surface area contributed by atoms with Crippen LogP contribution in [0.25, 0.3) is 0 Å². The Hall–Kier alpha value is -1.91. The Kier molecular flexibility index (Phi) is 2.62. The highest BCUT2D eigenvalue weighted by Crippen LogP contribution is 2.06. The Morgan fingerprint density at radius 2 is 2.40 bits per heavy atom. The van der Waals surface area contributed by atoms with Crippen molar-refractivity contribution in [2.45, 2.75) is 19.9 Å². The second-order valence-electron chi connectivity index (χ2n) is 3.24. The number of H-pyrrole nitrogens is 1. The molecule has 15 heavy (non-hydrogen) atoms. The molecule has 0 saturated carbocycles. The Balaban J connectivity index is 2.29. The highest BCUT2D eigenvalue weighted by atomic mass is 16.1. The second kappa shape index (κ2) is 4.08. The lowest BCUT2D eigenvalue weighted by molar-refractivity contribution is 0.102. The van der Waals surface area contributed by atoms with Gasteiger partial charge in [-0.25, -0.2) is 4.98 Å². The number of aromatic amines is 1. The maximum Gasteiger partial charge on any atom is 0.246 e. The lowest BCUT2D eigenvalue weighted by atomic mass is 10.2. The fourth-order valence-corrected chi connectivity index (χ4v) is 1.44. The molecule has 0 unspecified atom stereocenters. The zero-order chi connectivity index (χ0) is 10.7. The summed E-state index contributed by atoms with van der Waals surface area (Å²) in [4.78, 5) is 16.0. The summed E-state index contributed by atoms with van der Waals surface area (Å²) < 4.78 is 1.85. The van der Waals surface area contributed by atoms with E-state index in [0.717, 1.165) is 13.0 Å². The van der Waals surface area contributed by atoms with Gasteiger partial charge in [0.2, 0.25) is 5.78 Å². The van der Waals surface area contributed by atoms with Gasteiger partial charge in [-0.3, -0.25) is 9.89 Å². The predicted octanol–water partition coefficient (Wildman–Crippen LogP) is 1.25. The number of carbonyl (C=O) groups is 1. The molecule has 5 nitrogen and oxygen atoms in total. The molecule has 0 atom stereocenters. The molecule has 2 aromatic rings. The van der Waals surface area contributed by atoms with Gasteiger partial charge in [0.25, 0.3) is 0 Å². The molecule has 0 saturated heterocycles. The molecule has 2 aromatic heterocycles. The molecule has 0 aliphatic heterocycles. The minimum atomic E-state index is -0.119. The van der Waals surface area contributed by atoms with Gasteiger partial charge >= 0.3 is 0 Å². The van der Waals surface area contributed by atoms with E-state index in [4.69, 9.17) is 0 Å². The molecule has 0 bridgehead atoms. The van der Waals surface area contributed by atoms with Crippen molar-refractivity contribution >= 4 is 5.78 Å². The third kappa shape index (κ3) is 1.81. The fraction of sp³-hybridized carbons (Fsp3) is 0.300. The molecular weight excluding hydrogens is 192 g/mol. The van der Waals surface area contributed by atoms with Gasteiger partial charge in [0.1, 0.15) is 5.69 Å². The SMILES string of the molecule is CCCn1ccnc1C(=O)c1ccn[nH]1. The molecular formula is C10H12N4O. The molecule has 1 N–H and O–H groups in total. The summed E-state index contributed by atoms with van der Waals surface area (Å²) >= 11 is 0. The number of rotatable bonds is 4. The first-order chi connectivity index (χ1) is 7.33. The van der Waals surface area contributed by atoms with Crippen LogP contribution < -0.4 is 0 Å². The summed E-state index contributed by atoms with van der Waals surface area (Å²) in [5, 5.41) is 6.39. The van der Waals surface area contributed by atoms with E-state index in [2.05, 4.69) is 22.1 Å². The largest absolute Gasteiger partial charge is 0.328 e. The van der Waals surface area contributed by atoms with Crippen LogP contribution in [0.1, 0.15) is 29.7 Å². The van der Waals surface area contributed by atoms with Gasteiger partial charge < -0.3 is 4.57 Å². The van der Waals surface area contributed by atoms with Crippen LogP contribution in [0.15, 0.2) is 24.7 Å². The maximum absolute atomic E-state index is 11.9. The van der Waals surface area contributed by atoms with Gasteiger partial charge in [-0.1, -0.05) is 6.92 Å². The third-order valence-corrected chi connectivity index (χ3v) is 2.13. The van der Waals surface area contributed by atoms with Gasteiger partial charge in [0.15, 0.2) is 5.82 Å². The number of carbonyl (C=O) groups excluding carboxylic acids is 1. The molecule has 0 aromatic carbocycles. The Bertz CT molecular complexity index is 444. The zero-order valence-corrected chi connectivity index (χ0v) is 8.47. The van der Waals surface area contributed by atoms with E-state index in [1.165, 1.54) is 0 Å². The van der Waals surface area contributed by atoms with Gasteiger partial charge in [-0.05, 0) is 12.5 Å². The Morgan fingerprint density at radius 3 is 3.07 bits per heavy atom. The van der Waals surface area contributed by atoms with Crippen LogP contribution >= 0.6 is 0 Å². The summed E-state index contributed by atoms with van der Waals surface area (Å²) in [5.74, 6) is 0.340. The predicted molar refractivity (Wildman–Crippen MR) is 54.5 cm³/mol. The number of hydrogen-bond donors (Lipinski definition) is 1. The van der Waals surface area contributed by atoms with Crippen molar-refractivity contribution in [1.82, 2.24) is 19.7 Å². The first kappa shape index (κ1) is 9.64. The number of aromatic nitrogens is 4. The van der Waals surface area contributed by atoms with Crippen molar-refractivity contribution in [3.8, 4) is 0 Å². The molecule has 5 heteroatoms. The molecule has 0 radical (unpaired) electrons. The van der Waals surface area contributed by atoms with Crippen LogP contribution in [0.4, 0.5) is 0 Å². The van der Waals surface area contributed by atoms with Crippen LogP contribution in [0, 0.1) is 0 Å². The summed E-state index contributed by atoms with van der Waals surface area (Å²) in [7, 11) is 0. The third-order valence-electron chi connectivity index (χ3n) is 2.13. The van der Waals surface area contributed by atoms with Crippen LogP contribution in [0.3, 0.4) is 0 Å². The van der Waals surface area contributed by atoms with E-state index in [1.807, 2.05) is 10.8 Å². The van der Waals surface area contributed by atoms with E-state index in [0.29, 0.717) is 11.5 Å². The molecule has 0 aliphatic rings. The summed E-state index contributed by atoms with van der Waals surface area (Å²) in [6, 6.07) is 1.65. The number of hydrogen-bond acceptors (Lipinski definition) is 3. The molecule has 0 fully saturated rings. The highest BCUT2D eigenvalue weighted by molar-refractivity contribution is 6.05. The molecule has 0 aliphatic carbocycles. The van der Waals surface area contributed by atoms with Crippen molar-refractivity contribution < 1.29 is 4.79 Å². The number of nitrogens with zero attached hydrogens (tertiary/aromatic N) is 3. The van der Waals surface area contributed by atoms with Crippen molar-refractivity contribution in [2.75, 3.05) is 0 Å². The highest BCUT2D eigenvalue weighted by Gasteiger charge is 2.15. The quantitative estimate of drug-likeness (QED) is 0.762. The number of imidazole rings is 1. The van der Waals surface area contributed by atoms with Gasteiger partial charge in [-0.2, -0.15) is 5.10 Å². The average Bonchev–Trinajstić information content (AvgIpc) is 2.87. The van der Waals surface area contributed by atoms with E-state index in [1.54, 1.807) is 18.5 Å². The zero-order valence-electron chi connectivity index (χ0n) is 8.47. The molecule has 2 heterocycles. The number of ketones is 1. The maximum atomic E-state index is 11.9. The normalized spacial score (nSPS) is 10.5. The van der Waals surface area contributed by atoms with Crippen LogP contribution in [0.2, 0.25) is 0 Å². The van der Waals surface area contributed by atoms with Crippen LogP contribution in [0.5, 0.6) is 0 Å². The van der Waals surface area contributed by atoms with E-state index in [-0.39, 0.29) is 5.78 Å². The van der Waals surface area contributed by atoms with Crippen molar-refractivity contribution in [2.24, 2.45) is 0 Å². The lowest BCUT2D eigenvalue weighted by Gasteiger charge is -2.03. The van der Waals surface area contributed by atoms with Crippen molar-refractivity contribution in [3.05, 3.63) is 36.2 Å². The van der Waals surface area contributed by atoms with Crippen molar-refractivity contribution in [1.29, 1.82) is 0 Å². The van der Waals surface area contributed by atoms with Gasteiger partial charge in [0.05, 0.1) is 0 Å². The topological polar surface area (TPSA) is 63.6 Å². The standard InChI is InChI=1S/C10H12N4O/c1-2-6-14-7-5-11-10(14)9(15)8-3-4-12-13-8/h3-5,7H,2,6H2,1H3,(H,12,13). The number of aryl methyl sites for hydroxylation is 1. The van der Waals surface area contributed by atoms with E-state index >= 15 is 0 Å². The first-order valence-electron chi connectivity index (χ1n) is 4.88. The fourth-order valence-electron chi connectivity index (χ4n) is 1.44. The molecule has 2 rings (SSSR count). The minimum absolute atomic E-state index is 0.119. The monoisotopic (exact) mass is 204 g/mol. The molecule has 0 spiro atoms. The smallest absolute Gasteiger partial charge is 0.246 e. The first-order valence-corrected chi connectivity index (χ1v) is 4.88. The number of nitrogens with one attached hydrogen (secondary N) is 1. The second-order valence-corrected chi connectivity index (χ2v) is 3.24. The molecule has 78 valence electrons. The van der Waals surface area contributed by atoms with E-state index < -0.39 is 0 Å². The summed E-state index contributed by atoms with van der Waals surface area (Å²) in [6.45, 7) is 2.86. The van der Waals surface area contributed by atoms with Gasteiger partial charge in [0, 0.05) is 25.1 Å². The lowest BCUT2D eigenvalue weighted by Crippen LogP contribution is -2.11.